The zero-order valence-corrected chi connectivity index (χ0v) is 11.6. The SMILES string of the molecule is C1=CC2=C(c3ccc(-c4ccccc4)cc3)NNC2C=C1. The summed E-state index contributed by atoms with van der Waals surface area (Å²) in [4.78, 5) is 0. The first-order valence-corrected chi connectivity index (χ1v) is 7.18. The molecular formula is C19H16N2. The highest BCUT2D eigenvalue weighted by Crippen LogP contribution is 2.28. The molecule has 0 saturated heterocycles. The van der Waals surface area contributed by atoms with Crippen LogP contribution in [-0.2, 0) is 0 Å². The Morgan fingerprint density at radius 3 is 2.24 bits per heavy atom. The topological polar surface area (TPSA) is 24.1 Å². The summed E-state index contributed by atoms with van der Waals surface area (Å²) in [5.41, 5.74) is 12.8. The summed E-state index contributed by atoms with van der Waals surface area (Å²) >= 11 is 0. The van der Waals surface area contributed by atoms with Crippen molar-refractivity contribution in [2.75, 3.05) is 0 Å². The van der Waals surface area contributed by atoms with Crippen LogP contribution in [-0.4, -0.2) is 6.04 Å². The molecule has 4 rings (SSSR count). The molecule has 0 fully saturated rings. The molecule has 1 aliphatic carbocycles. The van der Waals surface area contributed by atoms with Crippen molar-refractivity contribution in [2.24, 2.45) is 0 Å². The van der Waals surface area contributed by atoms with Crippen LogP contribution in [0.1, 0.15) is 5.56 Å². The highest BCUT2D eigenvalue weighted by Gasteiger charge is 2.22. The second-order valence-electron chi connectivity index (χ2n) is 5.26. The normalized spacial score (nSPS) is 19.5. The second kappa shape index (κ2) is 5.08. The van der Waals surface area contributed by atoms with Gasteiger partial charge in [0.1, 0.15) is 0 Å². The van der Waals surface area contributed by atoms with Crippen LogP contribution in [0.15, 0.2) is 84.5 Å². The summed E-state index contributed by atoms with van der Waals surface area (Å²) in [5, 5.41) is 0. The zero-order chi connectivity index (χ0) is 14.1. The molecule has 1 atom stereocenters. The lowest BCUT2D eigenvalue weighted by molar-refractivity contribution is 0.656. The van der Waals surface area contributed by atoms with E-state index in [1.165, 1.54) is 28.0 Å². The molecule has 2 aliphatic rings. The molecular weight excluding hydrogens is 256 g/mol. The fourth-order valence-corrected chi connectivity index (χ4v) is 2.83. The van der Waals surface area contributed by atoms with E-state index < -0.39 is 0 Å². The average Bonchev–Trinajstić information content (AvgIpc) is 3.00. The van der Waals surface area contributed by atoms with E-state index in [4.69, 9.17) is 0 Å². The summed E-state index contributed by atoms with van der Waals surface area (Å²) in [5.74, 6) is 0. The minimum Gasteiger partial charge on any atom is -0.320 e. The molecule has 0 amide bonds. The molecule has 2 aromatic rings. The molecule has 1 unspecified atom stereocenters. The largest absolute Gasteiger partial charge is 0.320 e. The quantitative estimate of drug-likeness (QED) is 0.871. The van der Waals surface area contributed by atoms with E-state index in [1.807, 2.05) is 6.07 Å². The number of fused-ring (bicyclic) bond motifs is 1. The number of nitrogens with one attached hydrogen (secondary N) is 2. The molecule has 0 saturated carbocycles. The number of hydrazine groups is 1. The van der Waals surface area contributed by atoms with Crippen molar-refractivity contribution in [3.05, 3.63) is 90.0 Å². The van der Waals surface area contributed by atoms with Crippen LogP contribution in [0.3, 0.4) is 0 Å². The summed E-state index contributed by atoms with van der Waals surface area (Å²) in [7, 11) is 0. The van der Waals surface area contributed by atoms with Crippen LogP contribution in [0.4, 0.5) is 0 Å². The van der Waals surface area contributed by atoms with Crippen LogP contribution < -0.4 is 10.9 Å². The van der Waals surface area contributed by atoms with Crippen molar-refractivity contribution >= 4 is 5.70 Å². The predicted molar refractivity (Wildman–Crippen MR) is 87.1 cm³/mol. The number of hydrogen-bond donors (Lipinski definition) is 2. The smallest absolute Gasteiger partial charge is 0.0714 e. The Morgan fingerprint density at radius 2 is 1.43 bits per heavy atom. The standard InChI is InChI=1S/C19H16N2/c1-2-6-14(7-3-1)15-10-12-16(13-11-15)19-17-8-4-5-9-18(17)20-21-19/h1-13,18,20-21H. The van der Waals surface area contributed by atoms with Gasteiger partial charge in [-0.15, -0.1) is 0 Å². The zero-order valence-electron chi connectivity index (χ0n) is 11.6. The van der Waals surface area contributed by atoms with Gasteiger partial charge in [0.25, 0.3) is 0 Å². The third-order valence-electron chi connectivity index (χ3n) is 3.95. The molecule has 21 heavy (non-hydrogen) atoms. The van der Waals surface area contributed by atoms with Gasteiger partial charge >= 0.3 is 0 Å². The van der Waals surface area contributed by atoms with Crippen LogP contribution in [0.2, 0.25) is 0 Å². The molecule has 102 valence electrons. The Morgan fingerprint density at radius 1 is 0.714 bits per heavy atom. The van der Waals surface area contributed by atoms with E-state index in [-0.39, 0.29) is 6.04 Å². The molecule has 2 nitrogen and oxygen atoms in total. The maximum Gasteiger partial charge on any atom is 0.0714 e. The summed E-state index contributed by atoms with van der Waals surface area (Å²) < 4.78 is 0. The summed E-state index contributed by atoms with van der Waals surface area (Å²) in [6.45, 7) is 0. The summed E-state index contributed by atoms with van der Waals surface area (Å²) in [6, 6.07) is 19.4. The molecule has 2 N–H and O–H groups in total. The molecule has 2 heteroatoms. The maximum absolute atomic E-state index is 3.30. The first-order valence-electron chi connectivity index (χ1n) is 7.18. The lowest BCUT2D eigenvalue weighted by atomic mass is 9.97. The Kier molecular flexibility index (Phi) is 2.94. The van der Waals surface area contributed by atoms with Crippen molar-refractivity contribution < 1.29 is 0 Å². The number of rotatable bonds is 2. The minimum atomic E-state index is 0.277. The minimum absolute atomic E-state index is 0.277. The third kappa shape index (κ3) is 2.20. The summed E-state index contributed by atoms with van der Waals surface area (Å²) in [6.07, 6.45) is 8.48. The van der Waals surface area contributed by atoms with Gasteiger partial charge in [-0.2, -0.15) is 0 Å². The molecule has 0 bridgehead atoms. The Hall–Kier alpha value is -2.58. The van der Waals surface area contributed by atoms with Gasteiger partial charge in [0, 0.05) is 0 Å². The lowest BCUT2D eigenvalue weighted by Crippen LogP contribution is -2.31. The van der Waals surface area contributed by atoms with E-state index in [2.05, 4.69) is 83.7 Å². The van der Waals surface area contributed by atoms with Gasteiger partial charge in [0.2, 0.25) is 0 Å². The lowest BCUT2D eigenvalue weighted by Gasteiger charge is -2.09. The molecule has 0 radical (unpaired) electrons. The van der Waals surface area contributed by atoms with Crippen molar-refractivity contribution in [1.82, 2.24) is 10.9 Å². The first-order chi connectivity index (χ1) is 10.4. The van der Waals surface area contributed by atoms with Gasteiger partial charge in [-0.1, -0.05) is 78.9 Å². The predicted octanol–water partition coefficient (Wildman–Crippen LogP) is 3.67. The molecule has 1 aliphatic heterocycles. The maximum atomic E-state index is 3.30. The highest BCUT2D eigenvalue weighted by atomic mass is 15.4. The molecule has 0 spiro atoms. The van der Waals surface area contributed by atoms with Gasteiger partial charge in [0.05, 0.1) is 11.7 Å². The van der Waals surface area contributed by atoms with Crippen LogP contribution in [0.25, 0.3) is 16.8 Å². The van der Waals surface area contributed by atoms with E-state index in [1.54, 1.807) is 0 Å². The van der Waals surface area contributed by atoms with E-state index in [9.17, 15) is 0 Å². The molecule has 1 heterocycles. The first kappa shape index (κ1) is 12.2. The van der Waals surface area contributed by atoms with E-state index >= 15 is 0 Å². The fraction of sp³-hybridized carbons (Fsp3) is 0.0526. The third-order valence-corrected chi connectivity index (χ3v) is 3.95. The van der Waals surface area contributed by atoms with Gasteiger partial charge < -0.3 is 5.43 Å². The van der Waals surface area contributed by atoms with Crippen LogP contribution in [0, 0.1) is 0 Å². The van der Waals surface area contributed by atoms with Gasteiger partial charge in [0.15, 0.2) is 0 Å². The van der Waals surface area contributed by atoms with Crippen LogP contribution in [0.5, 0.6) is 0 Å². The van der Waals surface area contributed by atoms with Crippen LogP contribution >= 0.6 is 0 Å². The number of allylic oxidation sites excluding steroid dienone is 2. The number of hydrogen-bond acceptors (Lipinski definition) is 2. The Bertz CT molecular complexity index is 737. The Balaban J connectivity index is 1.69. The fourth-order valence-electron chi connectivity index (χ4n) is 2.83. The Labute approximate surface area is 124 Å². The molecule has 0 aromatic heterocycles. The van der Waals surface area contributed by atoms with E-state index in [0.29, 0.717) is 0 Å². The van der Waals surface area contributed by atoms with Crippen molar-refractivity contribution in [3.63, 3.8) is 0 Å². The highest BCUT2D eigenvalue weighted by molar-refractivity contribution is 5.75. The van der Waals surface area contributed by atoms with Gasteiger partial charge in [-0.25, -0.2) is 5.43 Å². The van der Waals surface area contributed by atoms with Gasteiger partial charge in [-0.3, -0.25) is 0 Å². The monoisotopic (exact) mass is 272 g/mol. The second-order valence-corrected chi connectivity index (χ2v) is 5.26. The van der Waals surface area contributed by atoms with E-state index in [0.717, 1.165) is 0 Å². The van der Waals surface area contributed by atoms with Crippen molar-refractivity contribution in [2.45, 2.75) is 6.04 Å². The van der Waals surface area contributed by atoms with Crippen molar-refractivity contribution in [1.29, 1.82) is 0 Å². The van der Waals surface area contributed by atoms with Gasteiger partial charge in [-0.05, 0) is 22.3 Å². The number of benzene rings is 2. The van der Waals surface area contributed by atoms with Crippen molar-refractivity contribution in [3.8, 4) is 11.1 Å². The average molecular weight is 272 g/mol. The molecule has 2 aromatic carbocycles.